The highest BCUT2D eigenvalue weighted by Gasteiger charge is 2.33. The minimum absolute atomic E-state index is 0.0110. The number of hydrogen-bond acceptors (Lipinski definition) is 9. The van der Waals surface area contributed by atoms with Crippen LogP contribution in [0.15, 0.2) is 18.2 Å². The molecule has 1 aliphatic heterocycles. The van der Waals surface area contributed by atoms with Crippen molar-refractivity contribution in [1.82, 2.24) is 15.5 Å². The summed E-state index contributed by atoms with van der Waals surface area (Å²) in [4.78, 5) is 61.3. The van der Waals surface area contributed by atoms with E-state index in [2.05, 4.69) is 10.6 Å². The number of piperidine rings is 1. The Labute approximate surface area is 210 Å². The molecule has 0 saturated carbocycles. The van der Waals surface area contributed by atoms with Crippen LogP contribution in [-0.4, -0.2) is 99.2 Å². The van der Waals surface area contributed by atoms with E-state index in [1.807, 2.05) is 13.8 Å². The number of likely N-dealkylation sites (N-methyl/N-ethyl adjacent to an activating group) is 1. The lowest BCUT2D eigenvalue weighted by molar-refractivity contribution is -0.136. The summed E-state index contributed by atoms with van der Waals surface area (Å²) < 4.78 is 15.7. The van der Waals surface area contributed by atoms with Crippen LogP contribution in [0.25, 0.3) is 0 Å². The van der Waals surface area contributed by atoms with Crippen molar-refractivity contribution in [3.8, 4) is 5.75 Å². The van der Waals surface area contributed by atoms with Gasteiger partial charge in [-0.2, -0.15) is 0 Å². The largest absolute Gasteiger partial charge is 0.483 e. The summed E-state index contributed by atoms with van der Waals surface area (Å²) in [5.74, 6) is -1.97. The number of imide groups is 1. The van der Waals surface area contributed by atoms with E-state index in [4.69, 9.17) is 19.3 Å². The molecule has 1 unspecified atom stereocenters. The van der Waals surface area contributed by atoms with Crippen molar-refractivity contribution in [1.29, 1.82) is 0 Å². The summed E-state index contributed by atoms with van der Waals surface area (Å²) in [6.07, 6.45) is 0.736. The lowest BCUT2D eigenvalue weighted by Crippen LogP contribution is -2.53. The van der Waals surface area contributed by atoms with Crippen molar-refractivity contribution in [3.05, 3.63) is 29.3 Å². The first-order chi connectivity index (χ1) is 17.4. The number of nitrogens with one attached hydrogen (secondary N) is 2. The SMILES string of the molecule is CC.CN(C(=O)c1cccc(OCC(=O)NCCOCCOCCO)c1C=O)C1CCC(=O)NC1=O. The third-order valence-electron chi connectivity index (χ3n) is 4.95. The number of aliphatic hydroxyl groups excluding tert-OH is 1. The Morgan fingerprint density at radius 2 is 1.86 bits per heavy atom. The molecule has 1 aliphatic rings. The summed E-state index contributed by atoms with van der Waals surface area (Å²) in [5, 5.41) is 13.4. The average Bonchev–Trinajstić information content (AvgIpc) is 2.89. The number of carbonyl (C=O) groups excluding carboxylic acids is 5. The molecule has 0 aromatic heterocycles. The van der Waals surface area contributed by atoms with Gasteiger partial charge in [-0.05, 0) is 18.6 Å². The van der Waals surface area contributed by atoms with Gasteiger partial charge in [0, 0.05) is 20.0 Å². The number of amides is 4. The van der Waals surface area contributed by atoms with Crippen molar-refractivity contribution < 1.29 is 43.3 Å². The highest BCUT2D eigenvalue weighted by Crippen LogP contribution is 2.23. The predicted octanol–water partition coefficient (Wildman–Crippen LogP) is -0.0770. The molecular formula is C24H35N3O9. The summed E-state index contributed by atoms with van der Waals surface area (Å²) in [5.41, 5.74) is -0.0393. The topological polar surface area (TPSA) is 161 Å². The van der Waals surface area contributed by atoms with Gasteiger partial charge in [0.05, 0.1) is 44.2 Å². The summed E-state index contributed by atoms with van der Waals surface area (Å²) >= 11 is 0. The van der Waals surface area contributed by atoms with Crippen LogP contribution in [-0.2, 0) is 23.9 Å². The van der Waals surface area contributed by atoms with Crippen LogP contribution in [0.5, 0.6) is 5.75 Å². The van der Waals surface area contributed by atoms with Crippen molar-refractivity contribution in [3.63, 3.8) is 0 Å². The van der Waals surface area contributed by atoms with Crippen LogP contribution in [0.1, 0.15) is 47.4 Å². The molecule has 1 fully saturated rings. The monoisotopic (exact) mass is 509 g/mol. The van der Waals surface area contributed by atoms with Gasteiger partial charge in [0.2, 0.25) is 11.8 Å². The molecule has 12 heteroatoms. The fourth-order valence-electron chi connectivity index (χ4n) is 3.20. The molecule has 1 aromatic rings. The zero-order chi connectivity index (χ0) is 26.9. The number of hydrogen-bond donors (Lipinski definition) is 3. The summed E-state index contributed by atoms with van der Waals surface area (Å²) in [7, 11) is 1.42. The number of aliphatic hydroxyl groups is 1. The number of rotatable bonds is 14. The Morgan fingerprint density at radius 3 is 2.50 bits per heavy atom. The molecule has 1 atom stereocenters. The minimum Gasteiger partial charge on any atom is -0.483 e. The molecule has 4 amide bonds. The molecule has 12 nitrogen and oxygen atoms in total. The van der Waals surface area contributed by atoms with Crippen molar-refractivity contribution in [2.75, 3.05) is 53.2 Å². The van der Waals surface area contributed by atoms with E-state index in [9.17, 15) is 24.0 Å². The van der Waals surface area contributed by atoms with Crippen LogP contribution in [0.4, 0.5) is 0 Å². The van der Waals surface area contributed by atoms with E-state index in [0.717, 1.165) is 0 Å². The lowest BCUT2D eigenvalue weighted by Gasteiger charge is -2.30. The Hall–Kier alpha value is -3.35. The van der Waals surface area contributed by atoms with Crippen molar-refractivity contribution >= 4 is 29.9 Å². The van der Waals surface area contributed by atoms with E-state index in [1.165, 1.54) is 30.1 Å². The van der Waals surface area contributed by atoms with Crippen molar-refractivity contribution in [2.24, 2.45) is 0 Å². The Kier molecular flexibility index (Phi) is 14.6. The lowest BCUT2D eigenvalue weighted by atomic mass is 10.0. The fraction of sp³-hybridized carbons (Fsp3) is 0.542. The number of ether oxygens (including phenoxy) is 3. The van der Waals surface area contributed by atoms with Crippen LogP contribution in [0, 0.1) is 0 Å². The normalized spacial score (nSPS) is 14.7. The maximum Gasteiger partial charge on any atom is 0.258 e. The van der Waals surface area contributed by atoms with Gasteiger partial charge in [0.25, 0.3) is 11.8 Å². The average molecular weight is 510 g/mol. The second-order valence-electron chi connectivity index (χ2n) is 7.31. The Balaban J connectivity index is 0.00000316. The quantitative estimate of drug-likeness (QED) is 0.177. The smallest absolute Gasteiger partial charge is 0.258 e. The number of aldehydes is 1. The van der Waals surface area contributed by atoms with E-state index in [0.29, 0.717) is 19.5 Å². The summed E-state index contributed by atoms with van der Waals surface area (Å²) in [6.45, 7) is 4.93. The van der Waals surface area contributed by atoms with Gasteiger partial charge in [0.15, 0.2) is 12.9 Å². The van der Waals surface area contributed by atoms with E-state index in [-0.39, 0.29) is 62.7 Å². The van der Waals surface area contributed by atoms with Crippen LogP contribution < -0.4 is 15.4 Å². The second-order valence-corrected chi connectivity index (χ2v) is 7.31. The molecule has 1 saturated heterocycles. The van der Waals surface area contributed by atoms with Gasteiger partial charge in [-0.1, -0.05) is 19.9 Å². The van der Waals surface area contributed by atoms with Gasteiger partial charge in [-0.25, -0.2) is 0 Å². The molecule has 2 rings (SSSR count). The molecule has 0 bridgehead atoms. The third kappa shape index (κ3) is 9.72. The van der Waals surface area contributed by atoms with Gasteiger partial charge >= 0.3 is 0 Å². The highest BCUT2D eigenvalue weighted by molar-refractivity contribution is 6.06. The molecule has 3 N–H and O–H groups in total. The van der Waals surface area contributed by atoms with Crippen molar-refractivity contribution in [2.45, 2.75) is 32.7 Å². The molecule has 36 heavy (non-hydrogen) atoms. The number of nitrogens with zero attached hydrogens (tertiary/aromatic N) is 1. The van der Waals surface area contributed by atoms with E-state index >= 15 is 0 Å². The summed E-state index contributed by atoms with van der Waals surface area (Å²) in [6, 6.07) is 3.53. The highest BCUT2D eigenvalue weighted by atomic mass is 16.5. The van der Waals surface area contributed by atoms with Crippen LogP contribution in [0.2, 0.25) is 0 Å². The first-order valence-corrected chi connectivity index (χ1v) is 11.7. The fourth-order valence-corrected chi connectivity index (χ4v) is 3.20. The van der Waals surface area contributed by atoms with E-state index < -0.39 is 29.7 Å². The molecular weight excluding hydrogens is 474 g/mol. The molecule has 0 radical (unpaired) electrons. The zero-order valence-corrected chi connectivity index (χ0v) is 20.9. The van der Waals surface area contributed by atoms with Gasteiger partial charge in [-0.15, -0.1) is 0 Å². The Bertz CT molecular complexity index is 892. The van der Waals surface area contributed by atoms with Gasteiger partial charge < -0.3 is 29.5 Å². The molecule has 0 spiro atoms. The number of carbonyl (C=O) groups is 5. The molecule has 200 valence electrons. The van der Waals surface area contributed by atoms with Gasteiger partial charge in [-0.3, -0.25) is 29.3 Å². The molecule has 0 aliphatic carbocycles. The standard InChI is InChI=1S/C22H29N3O9.C2H6/c1-25(17-5-6-19(28)24-21(17)30)22(31)15-3-2-4-18(16(15)13-27)34-14-20(29)23-7-9-32-11-12-33-10-8-26;1-2/h2-4,13,17,26H,5-12,14H2,1H3,(H,23,29)(H,24,28,30);1-2H3. The number of benzene rings is 1. The zero-order valence-electron chi connectivity index (χ0n) is 20.9. The maximum atomic E-state index is 13.0. The van der Waals surface area contributed by atoms with E-state index in [1.54, 1.807) is 0 Å². The third-order valence-corrected chi connectivity index (χ3v) is 4.95. The van der Waals surface area contributed by atoms with Crippen LogP contribution >= 0.6 is 0 Å². The first-order valence-electron chi connectivity index (χ1n) is 11.7. The molecule has 1 aromatic carbocycles. The molecule has 1 heterocycles. The maximum absolute atomic E-state index is 13.0. The predicted molar refractivity (Wildman–Crippen MR) is 129 cm³/mol. The first kappa shape index (κ1) is 30.7. The van der Waals surface area contributed by atoms with Gasteiger partial charge in [0.1, 0.15) is 11.8 Å². The minimum atomic E-state index is -0.844. The van der Waals surface area contributed by atoms with Crippen LogP contribution in [0.3, 0.4) is 0 Å². The Morgan fingerprint density at radius 1 is 1.17 bits per heavy atom. The second kappa shape index (κ2) is 17.1.